The summed E-state index contributed by atoms with van der Waals surface area (Å²) in [5.74, 6) is 0.665. The van der Waals surface area contributed by atoms with Crippen molar-refractivity contribution >= 4 is 64.2 Å². The minimum atomic E-state index is 0.665. The Kier molecular flexibility index (Phi) is 7.32. The third-order valence-corrected chi connectivity index (χ3v) is 13.2. The van der Waals surface area contributed by atoms with Crippen molar-refractivity contribution in [3.8, 4) is 45.3 Å². The molecule has 0 N–H and O–H groups in total. The molecule has 11 aromatic rings. The van der Waals surface area contributed by atoms with Crippen LogP contribution >= 0.6 is 11.3 Å². The van der Waals surface area contributed by atoms with E-state index in [0.29, 0.717) is 5.95 Å². The van der Waals surface area contributed by atoms with Gasteiger partial charge in [0.25, 0.3) is 0 Å². The third kappa shape index (κ3) is 5.12. The number of nitrogens with zero attached hydrogens (tertiary/aromatic N) is 4. The van der Waals surface area contributed by atoms with Gasteiger partial charge in [-0.3, -0.25) is 4.57 Å². The first-order valence-corrected chi connectivity index (χ1v) is 20.7. The van der Waals surface area contributed by atoms with Gasteiger partial charge in [-0.25, -0.2) is 9.97 Å². The molecule has 0 fully saturated rings. The van der Waals surface area contributed by atoms with E-state index in [9.17, 15) is 0 Å². The molecule has 4 aromatic heterocycles. The maximum absolute atomic E-state index is 5.43. The molecule has 0 saturated carbocycles. The number of hydrogen-bond donors (Lipinski definition) is 0. The largest absolute Gasteiger partial charge is 0.313 e. The first kappa shape index (κ1) is 32.4. The third-order valence-electron chi connectivity index (χ3n) is 12.0. The molecule has 0 saturated heterocycles. The monoisotopic (exact) mass is 748 g/mol. The number of rotatable bonds is 5. The van der Waals surface area contributed by atoms with Crippen molar-refractivity contribution in [1.29, 1.82) is 0 Å². The zero-order valence-electron chi connectivity index (χ0n) is 31.2. The molecular weight excluding hydrogens is 713 g/mol. The Morgan fingerprint density at radius 1 is 0.439 bits per heavy atom. The van der Waals surface area contributed by atoms with Crippen LogP contribution in [0.3, 0.4) is 0 Å². The molecule has 4 heterocycles. The van der Waals surface area contributed by atoms with Gasteiger partial charge in [-0.1, -0.05) is 115 Å². The molecule has 0 radical (unpaired) electrons. The Hall–Kier alpha value is -6.82. The highest BCUT2D eigenvalue weighted by atomic mass is 32.1. The fourth-order valence-electron chi connectivity index (χ4n) is 9.34. The zero-order chi connectivity index (χ0) is 37.5. The van der Waals surface area contributed by atoms with Crippen molar-refractivity contribution in [3.05, 3.63) is 181 Å². The highest BCUT2D eigenvalue weighted by molar-refractivity contribution is 7.26. The minimum Gasteiger partial charge on any atom is -0.313 e. The van der Waals surface area contributed by atoms with Crippen LogP contribution < -0.4 is 0 Å². The van der Waals surface area contributed by atoms with E-state index in [4.69, 9.17) is 9.97 Å². The fraction of sp³-hybridized carbons (Fsp3) is 0.0769. The number of hydrogen-bond acceptors (Lipinski definition) is 3. The summed E-state index contributed by atoms with van der Waals surface area (Å²) in [4.78, 5) is 10.8. The molecule has 0 aliphatic heterocycles. The van der Waals surface area contributed by atoms with Crippen molar-refractivity contribution in [1.82, 2.24) is 19.1 Å². The summed E-state index contributed by atoms with van der Waals surface area (Å²) in [5, 5.41) is 6.29. The van der Waals surface area contributed by atoms with Gasteiger partial charge in [0.15, 0.2) is 0 Å². The van der Waals surface area contributed by atoms with Crippen molar-refractivity contribution in [2.24, 2.45) is 0 Å². The summed E-state index contributed by atoms with van der Waals surface area (Å²) in [6, 6.07) is 61.5. The van der Waals surface area contributed by atoms with Gasteiger partial charge in [0.2, 0.25) is 5.95 Å². The van der Waals surface area contributed by atoms with Gasteiger partial charge < -0.3 is 4.57 Å². The molecule has 270 valence electrons. The molecular formula is C52H36N4S. The molecule has 0 spiro atoms. The molecule has 1 aliphatic carbocycles. The van der Waals surface area contributed by atoms with E-state index >= 15 is 0 Å². The number of aromatic nitrogens is 4. The normalized spacial score (nSPS) is 13.0. The quantitative estimate of drug-likeness (QED) is 0.176. The number of benzene rings is 7. The first-order chi connectivity index (χ1) is 28.3. The summed E-state index contributed by atoms with van der Waals surface area (Å²) < 4.78 is 7.29. The van der Waals surface area contributed by atoms with Crippen LogP contribution in [0.2, 0.25) is 0 Å². The highest BCUT2D eigenvalue weighted by Gasteiger charge is 2.23. The molecule has 1 aliphatic rings. The second kappa shape index (κ2) is 12.9. The van der Waals surface area contributed by atoms with Crippen LogP contribution in [-0.2, 0) is 12.8 Å². The Bertz CT molecular complexity index is 3350. The molecule has 0 amide bonds. The van der Waals surface area contributed by atoms with E-state index in [2.05, 4.69) is 179 Å². The van der Waals surface area contributed by atoms with Crippen LogP contribution in [-0.4, -0.2) is 19.1 Å². The summed E-state index contributed by atoms with van der Waals surface area (Å²) in [6.45, 7) is 0. The molecule has 12 rings (SSSR count). The van der Waals surface area contributed by atoms with Crippen molar-refractivity contribution in [2.45, 2.75) is 25.7 Å². The number of aryl methyl sites for hydroxylation is 1. The lowest BCUT2D eigenvalue weighted by atomic mass is 9.94. The van der Waals surface area contributed by atoms with Gasteiger partial charge >= 0.3 is 0 Å². The summed E-state index contributed by atoms with van der Waals surface area (Å²) in [7, 11) is 0. The molecule has 5 heteroatoms. The number of thiophene rings is 1. The van der Waals surface area contributed by atoms with Crippen LogP contribution in [0.4, 0.5) is 0 Å². The molecule has 0 unspecified atom stereocenters. The molecule has 57 heavy (non-hydrogen) atoms. The van der Waals surface area contributed by atoms with Crippen molar-refractivity contribution in [2.75, 3.05) is 0 Å². The predicted molar refractivity (Wildman–Crippen MR) is 239 cm³/mol. The average molecular weight is 749 g/mol. The second-order valence-corrected chi connectivity index (χ2v) is 16.3. The molecule has 4 nitrogen and oxygen atoms in total. The summed E-state index contributed by atoms with van der Waals surface area (Å²) in [6.07, 6.45) is 4.73. The van der Waals surface area contributed by atoms with Crippen LogP contribution in [0.25, 0.3) is 98.2 Å². The number of para-hydroxylation sites is 2. The van der Waals surface area contributed by atoms with Gasteiger partial charge in [-0.05, 0) is 97.0 Å². The van der Waals surface area contributed by atoms with E-state index in [1.807, 2.05) is 11.3 Å². The molecule has 7 aromatic carbocycles. The van der Waals surface area contributed by atoms with Crippen molar-refractivity contribution < 1.29 is 0 Å². The topological polar surface area (TPSA) is 35.6 Å². The van der Waals surface area contributed by atoms with Crippen LogP contribution in [0, 0.1) is 0 Å². The smallest absolute Gasteiger partial charge is 0.235 e. The van der Waals surface area contributed by atoms with Crippen molar-refractivity contribution in [3.63, 3.8) is 0 Å². The fourth-order valence-corrected chi connectivity index (χ4v) is 10.6. The lowest BCUT2D eigenvalue weighted by molar-refractivity contribution is 0.667. The Labute approximate surface area is 333 Å². The van der Waals surface area contributed by atoms with E-state index in [1.54, 1.807) is 0 Å². The van der Waals surface area contributed by atoms with E-state index in [-0.39, 0.29) is 0 Å². The van der Waals surface area contributed by atoms with Gasteiger partial charge in [0, 0.05) is 58.8 Å². The van der Waals surface area contributed by atoms with Crippen LogP contribution in [0.5, 0.6) is 0 Å². The standard InChI is InChI=1S/C52H36N4S/c1-3-14-33(15-4-1)44-32-45(41-22-13-21-40-39-20-9-12-25-50(39)57-51(40)41)54-52(53-44)56-47-24-11-8-19-38(47)43-31-35(27-29-49(43)56)34-26-28-48-42(30-34)37-18-7-10-23-46(37)55(48)36-16-5-2-6-17-36/h1-6,8-9,11-17,19-22,24-32H,7,10,18,23H2. The maximum Gasteiger partial charge on any atom is 0.235 e. The van der Waals surface area contributed by atoms with E-state index in [1.165, 1.54) is 82.8 Å². The lowest BCUT2D eigenvalue weighted by Gasteiger charge is -2.16. The highest BCUT2D eigenvalue weighted by Crippen LogP contribution is 2.42. The Morgan fingerprint density at radius 2 is 1.09 bits per heavy atom. The molecule has 0 bridgehead atoms. The van der Waals surface area contributed by atoms with E-state index < -0.39 is 0 Å². The summed E-state index contributed by atoms with van der Waals surface area (Å²) >= 11 is 1.83. The molecule has 0 atom stereocenters. The van der Waals surface area contributed by atoms with Gasteiger partial charge in [-0.2, -0.15) is 0 Å². The van der Waals surface area contributed by atoms with Crippen LogP contribution in [0.15, 0.2) is 170 Å². The predicted octanol–water partition coefficient (Wildman–Crippen LogP) is 13.8. The Balaban J connectivity index is 1.05. The van der Waals surface area contributed by atoms with Gasteiger partial charge in [0.05, 0.1) is 27.9 Å². The van der Waals surface area contributed by atoms with Gasteiger partial charge in [0.1, 0.15) is 0 Å². The van der Waals surface area contributed by atoms with Gasteiger partial charge in [-0.15, -0.1) is 11.3 Å². The second-order valence-electron chi connectivity index (χ2n) is 15.2. The lowest BCUT2D eigenvalue weighted by Crippen LogP contribution is -2.06. The average Bonchev–Trinajstić information content (AvgIpc) is 3.94. The SMILES string of the molecule is c1ccc(-c2cc(-c3cccc4c3sc3ccccc34)nc(-n3c4ccccc4c4cc(-c5ccc6c(c5)c5c(n6-c6ccccc6)CCCC5)ccc43)n2)cc1. The minimum absolute atomic E-state index is 0.665. The maximum atomic E-state index is 5.43. The van der Waals surface area contributed by atoms with Crippen LogP contribution in [0.1, 0.15) is 24.1 Å². The first-order valence-electron chi connectivity index (χ1n) is 19.9. The summed E-state index contributed by atoms with van der Waals surface area (Å²) in [5.41, 5.74) is 14.1. The Morgan fingerprint density at radius 3 is 1.93 bits per heavy atom. The van der Waals surface area contributed by atoms with E-state index in [0.717, 1.165) is 46.4 Å². The zero-order valence-corrected chi connectivity index (χ0v) is 32.0. The number of fused-ring (bicyclic) bond motifs is 9.